The zero-order valence-corrected chi connectivity index (χ0v) is 15.6. The summed E-state index contributed by atoms with van der Waals surface area (Å²) in [7, 11) is 0. The first-order valence-corrected chi connectivity index (χ1v) is 8.93. The quantitative estimate of drug-likeness (QED) is 0.550. The van der Waals surface area contributed by atoms with Gasteiger partial charge in [-0.15, -0.1) is 0 Å². The summed E-state index contributed by atoms with van der Waals surface area (Å²) >= 11 is 0. The maximum atomic E-state index is 12.7. The Balaban J connectivity index is 1.54. The maximum absolute atomic E-state index is 12.7. The molecule has 0 atom stereocenters. The molecule has 140 valence electrons. The van der Waals surface area contributed by atoms with E-state index in [1.54, 1.807) is 30.3 Å². The van der Waals surface area contributed by atoms with E-state index in [0.717, 1.165) is 22.3 Å². The summed E-state index contributed by atoms with van der Waals surface area (Å²) in [4.78, 5) is 23.9. The van der Waals surface area contributed by atoms with Crippen LogP contribution in [0.5, 0.6) is 0 Å². The average Bonchev–Trinajstić information content (AvgIpc) is 2.99. The summed E-state index contributed by atoms with van der Waals surface area (Å²) in [5, 5.41) is 8.10. The molecule has 0 aliphatic carbocycles. The minimum absolute atomic E-state index is 0.202. The third-order valence-electron chi connectivity index (χ3n) is 4.50. The number of amides is 1. The highest BCUT2D eigenvalue weighted by atomic mass is 16.4. The molecule has 6 nitrogen and oxygen atoms in total. The van der Waals surface area contributed by atoms with E-state index >= 15 is 0 Å². The molecule has 0 fully saturated rings. The Bertz CT molecular complexity index is 1240. The Morgan fingerprint density at radius 1 is 1.07 bits per heavy atom. The fourth-order valence-corrected chi connectivity index (χ4v) is 3.17. The molecular weight excluding hydrogens is 354 g/mol. The summed E-state index contributed by atoms with van der Waals surface area (Å²) in [6.07, 6.45) is 0. The second-order valence-corrected chi connectivity index (χ2v) is 6.75. The number of aryl methyl sites for hydroxylation is 2. The molecule has 28 heavy (non-hydrogen) atoms. The summed E-state index contributed by atoms with van der Waals surface area (Å²) in [5.41, 5.74) is 4.34. The standard InChI is InChI=1S/C22H19N3O3/c1-14-10-15(2)25(24-14)13-16-4-3-5-18(11-16)22(27)23-19-7-8-20-17(12-19)6-9-21(26)28-20/h3-12H,13H2,1-2H3,(H,23,27). The van der Waals surface area contributed by atoms with Crippen LogP contribution in [0.4, 0.5) is 5.69 Å². The number of hydrogen-bond acceptors (Lipinski definition) is 4. The highest BCUT2D eigenvalue weighted by Crippen LogP contribution is 2.19. The number of benzene rings is 2. The second kappa shape index (κ2) is 7.15. The lowest BCUT2D eigenvalue weighted by molar-refractivity contribution is 0.102. The largest absolute Gasteiger partial charge is 0.423 e. The monoisotopic (exact) mass is 373 g/mol. The van der Waals surface area contributed by atoms with Crippen LogP contribution in [0.15, 0.2) is 69.9 Å². The van der Waals surface area contributed by atoms with Gasteiger partial charge in [0.1, 0.15) is 5.58 Å². The lowest BCUT2D eigenvalue weighted by Gasteiger charge is -2.09. The highest BCUT2D eigenvalue weighted by molar-refractivity contribution is 6.05. The molecule has 4 rings (SSSR count). The van der Waals surface area contributed by atoms with E-state index in [0.29, 0.717) is 23.4 Å². The number of aromatic nitrogens is 2. The Morgan fingerprint density at radius 2 is 1.93 bits per heavy atom. The van der Waals surface area contributed by atoms with Crippen LogP contribution in [0.2, 0.25) is 0 Å². The van der Waals surface area contributed by atoms with Crippen molar-refractivity contribution >= 4 is 22.6 Å². The number of nitrogens with zero attached hydrogens (tertiary/aromatic N) is 2. The van der Waals surface area contributed by atoms with Crippen molar-refractivity contribution in [1.29, 1.82) is 0 Å². The van der Waals surface area contributed by atoms with Gasteiger partial charge in [-0.3, -0.25) is 9.48 Å². The number of carbonyl (C=O) groups excluding carboxylic acids is 1. The summed E-state index contributed by atoms with van der Waals surface area (Å²) in [6, 6.07) is 17.7. The van der Waals surface area contributed by atoms with Crippen LogP contribution >= 0.6 is 0 Å². The molecule has 4 aromatic rings. The fraction of sp³-hybridized carbons (Fsp3) is 0.136. The van der Waals surface area contributed by atoms with E-state index < -0.39 is 5.63 Å². The average molecular weight is 373 g/mol. The smallest absolute Gasteiger partial charge is 0.336 e. The van der Waals surface area contributed by atoms with Crippen molar-refractivity contribution in [3.63, 3.8) is 0 Å². The van der Waals surface area contributed by atoms with Gasteiger partial charge < -0.3 is 9.73 Å². The van der Waals surface area contributed by atoms with E-state index in [1.807, 2.05) is 42.8 Å². The molecule has 0 aliphatic rings. The molecule has 0 bridgehead atoms. The van der Waals surface area contributed by atoms with Crippen molar-refractivity contribution in [1.82, 2.24) is 9.78 Å². The van der Waals surface area contributed by atoms with Gasteiger partial charge in [-0.25, -0.2) is 4.79 Å². The molecule has 0 aliphatic heterocycles. The van der Waals surface area contributed by atoms with Crippen LogP contribution in [0.25, 0.3) is 11.0 Å². The molecule has 2 aromatic carbocycles. The lowest BCUT2D eigenvalue weighted by atomic mass is 10.1. The van der Waals surface area contributed by atoms with Crippen molar-refractivity contribution in [2.75, 3.05) is 5.32 Å². The highest BCUT2D eigenvalue weighted by Gasteiger charge is 2.09. The van der Waals surface area contributed by atoms with Crippen molar-refractivity contribution in [3.05, 3.63) is 93.6 Å². The van der Waals surface area contributed by atoms with Gasteiger partial charge in [0.25, 0.3) is 5.91 Å². The third-order valence-corrected chi connectivity index (χ3v) is 4.50. The summed E-state index contributed by atoms with van der Waals surface area (Å²) < 4.78 is 7.03. The Kier molecular flexibility index (Phi) is 4.53. The van der Waals surface area contributed by atoms with Gasteiger partial charge >= 0.3 is 5.63 Å². The zero-order valence-electron chi connectivity index (χ0n) is 15.6. The van der Waals surface area contributed by atoms with Crippen LogP contribution in [0, 0.1) is 13.8 Å². The molecule has 0 saturated carbocycles. The molecule has 1 amide bonds. The van der Waals surface area contributed by atoms with E-state index in [4.69, 9.17) is 4.42 Å². The van der Waals surface area contributed by atoms with E-state index in [9.17, 15) is 9.59 Å². The molecule has 0 saturated heterocycles. The summed E-state index contributed by atoms with van der Waals surface area (Å²) in [6.45, 7) is 4.58. The molecule has 2 aromatic heterocycles. The maximum Gasteiger partial charge on any atom is 0.336 e. The lowest BCUT2D eigenvalue weighted by Crippen LogP contribution is -2.13. The van der Waals surface area contributed by atoms with E-state index in [1.165, 1.54) is 6.07 Å². The van der Waals surface area contributed by atoms with Crippen molar-refractivity contribution in [2.24, 2.45) is 0 Å². The van der Waals surface area contributed by atoms with Crippen LogP contribution in [-0.4, -0.2) is 15.7 Å². The molecule has 0 spiro atoms. The van der Waals surface area contributed by atoms with E-state index in [2.05, 4.69) is 10.4 Å². The third kappa shape index (κ3) is 3.71. The SMILES string of the molecule is Cc1cc(C)n(Cc2cccc(C(=O)Nc3ccc4oc(=O)ccc4c3)c2)n1. The molecule has 0 unspecified atom stereocenters. The Labute approximate surface area is 161 Å². The molecule has 6 heteroatoms. The van der Waals surface area contributed by atoms with Crippen LogP contribution in [0.3, 0.4) is 0 Å². The fourth-order valence-electron chi connectivity index (χ4n) is 3.17. The zero-order chi connectivity index (χ0) is 19.7. The number of rotatable bonds is 4. The van der Waals surface area contributed by atoms with Crippen LogP contribution < -0.4 is 10.9 Å². The van der Waals surface area contributed by atoms with E-state index in [-0.39, 0.29) is 5.91 Å². The Morgan fingerprint density at radius 3 is 2.71 bits per heavy atom. The number of hydrogen-bond donors (Lipinski definition) is 1. The van der Waals surface area contributed by atoms with Gasteiger partial charge in [0.05, 0.1) is 12.2 Å². The molecule has 1 N–H and O–H groups in total. The minimum Gasteiger partial charge on any atom is -0.423 e. The van der Waals surface area contributed by atoms with Gasteiger partial charge in [0, 0.05) is 28.4 Å². The summed E-state index contributed by atoms with van der Waals surface area (Å²) in [5.74, 6) is -0.202. The number of fused-ring (bicyclic) bond motifs is 1. The van der Waals surface area contributed by atoms with Crippen LogP contribution in [-0.2, 0) is 6.54 Å². The number of nitrogens with one attached hydrogen (secondary N) is 1. The predicted molar refractivity (Wildman–Crippen MR) is 108 cm³/mol. The molecule has 0 radical (unpaired) electrons. The van der Waals surface area contributed by atoms with Crippen LogP contribution in [0.1, 0.15) is 27.3 Å². The van der Waals surface area contributed by atoms with Gasteiger partial charge in [-0.1, -0.05) is 12.1 Å². The van der Waals surface area contributed by atoms with Crippen molar-refractivity contribution in [2.45, 2.75) is 20.4 Å². The predicted octanol–water partition coefficient (Wildman–Crippen LogP) is 3.91. The normalized spacial score (nSPS) is 10.9. The van der Waals surface area contributed by atoms with Crippen molar-refractivity contribution < 1.29 is 9.21 Å². The van der Waals surface area contributed by atoms with Gasteiger partial charge in [-0.05, 0) is 61.9 Å². The number of carbonyl (C=O) groups is 1. The van der Waals surface area contributed by atoms with Gasteiger partial charge in [-0.2, -0.15) is 5.10 Å². The topological polar surface area (TPSA) is 77.1 Å². The second-order valence-electron chi connectivity index (χ2n) is 6.75. The first kappa shape index (κ1) is 17.7. The molecule has 2 heterocycles. The number of anilines is 1. The van der Waals surface area contributed by atoms with Gasteiger partial charge in [0.15, 0.2) is 0 Å². The minimum atomic E-state index is -0.399. The molecular formula is C22H19N3O3. The van der Waals surface area contributed by atoms with Gasteiger partial charge in [0.2, 0.25) is 0 Å². The first-order chi connectivity index (χ1) is 13.5. The Hall–Kier alpha value is -3.67. The van der Waals surface area contributed by atoms with Crippen molar-refractivity contribution in [3.8, 4) is 0 Å². The first-order valence-electron chi connectivity index (χ1n) is 8.93.